The van der Waals surface area contributed by atoms with Crippen LogP contribution in [0.2, 0.25) is 18.1 Å². The lowest BCUT2D eigenvalue weighted by atomic mass is 9.79. The van der Waals surface area contributed by atoms with Crippen LogP contribution in [0.1, 0.15) is 79.7 Å². The number of carbonyl (C=O) groups is 2. The summed E-state index contributed by atoms with van der Waals surface area (Å²) in [4.78, 5) is 30.1. The van der Waals surface area contributed by atoms with Gasteiger partial charge >= 0.3 is 6.09 Å². The van der Waals surface area contributed by atoms with Crippen LogP contribution in [0.25, 0.3) is 0 Å². The van der Waals surface area contributed by atoms with E-state index >= 15 is 0 Å². The number of ether oxygens (including phenoxy) is 1. The molecule has 7 nitrogen and oxygen atoms in total. The summed E-state index contributed by atoms with van der Waals surface area (Å²) in [7, 11) is -1.89. The molecule has 2 rings (SSSR count). The van der Waals surface area contributed by atoms with E-state index in [9.17, 15) is 9.59 Å². The van der Waals surface area contributed by atoms with E-state index in [1.165, 1.54) is 0 Å². The minimum atomic E-state index is -1.89. The second-order valence-electron chi connectivity index (χ2n) is 12.2. The third kappa shape index (κ3) is 8.69. The summed E-state index contributed by atoms with van der Waals surface area (Å²) < 4.78 is 11.7. The molecule has 0 saturated heterocycles. The number of carbonyl (C=O) groups excluding carboxylic acids is 2. The van der Waals surface area contributed by atoms with Gasteiger partial charge < -0.3 is 19.8 Å². The Morgan fingerprint density at radius 3 is 2.29 bits per heavy atom. The molecule has 0 aliphatic heterocycles. The number of rotatable bonds is 7. The summed E-state index contributed by atoms with van der Waals surface area (Å²) in [5.74, 6) is 0.899. The van der Waals surface area contributed by atoms with Crippen LogP contribution < -0.4 is 10.6 Å². The van der Waals surface area contributed by atoms with Crippen molar-refractivity contribution in [2.24, 2.45) is 11.8 Å². The number of hydrogen-bond donors (Lipinski definition) is 2. The number of nitrogens with one attached hydrogen (secondary N) is 2. The fourth-order valence-corrected chi connectivity index (χ4v) is 4.73. The third-order valence-electron chi connectivity index (χ3n) is 6.97. The Bertz CT molecular complexity index is 837. The Morgan fingerprint density at radius 2 is 1.74 bits per heavy atom. The van der Waals surface area contributed by atoms with Crippen LogP contribution in [0.15, 0.2) is 18.3 Å². The zero-order valence-corrected chi connectivity index (χ0v) is 23.6. The first-order valence-electron chi connectivity index (χ1n) is 12.5. The van der Waals surface area contributed by atoms with Gasteiger partial charge in [-0.05, 0) is 81.3 Å². The van der Waals surface area contributed by atoms with Gasteiger partial charge in [0.15, 0.2) is 8.32 Å². The highest BCUT2D eigenvalue weighted by Gasteiger charge is 2.37. The fourth-order valence-electron chi connectivity index (χ4n) is 3.77. The highest BCUT2D eigenvalue weighted by Crippen LogP contribution is 2.37. The van der Waals surface area contributed by atoms with Gasteiger partial charge in [0.05, 0.1) is 6.61 Å². The fraction of sp³-hybridized carbons (Fsp3) is 0.731. The van der Waals surface area contributed by atoms with Crippen molar-refractivity contribution in [1.29, 1.82) is 0 Å². The first kappa shape index (κ1) is 28.3. The average molecular weight is 492 g/mol. The van der Waals surface area contributed by atoms with Crippen LogP contribution in [0.4, 0.5) is 10.6 Å². The summed E-state index contributed by atoms with van der Waals surface area (Å²) in [5.41, 5.74) is 0.324. The van der Waals surface area contributed by atoms with Gasteiger partial charge in [-0.25, -0.2) is 9.78 Å². The first-order valence-corrected chi connectivity index (χ1v) is 15.4. The quantitative estimate of drug-likeness (QED) is 0.439. The lowest BCUT2D eigenvalue weighted by Crippen LogP contribution is -2.50. The molecule has 1 saturated carbocycles. The predicted octanol–water partition coefficient (Wildman–Crippen LogP) is 6.26. The van der Waals surface area contributed by atoms with Gasteiger partial charge in [0.2, 0.25) is 5.91 Å². The Labute approximate surface area is 206 Å². The van der Waals surface area contributed by atoms with Gasteiger partial charge in [0.1, 0.15) is 17.5 Å². The number of pyridine rings is 1. The molecule has 1 aromatic heterocycles. The number of hydrogen-bond acceptors (Lipinski definition) is 5. The van der Waals surface area contributed by atoms with E-state index in [0.29, 0.717) is 18.3 Å². The van der Waals surface area contributed by atoms with Crippen LogP contribution >= 0.6 is 0 Å². The van der Waals surface area contributed by atoms with Gasteiger partial charge in [-0.15, -0.1) is 0 Å². The minimum Gasteiger partial charge on any atom is -0.444 e. The normalized spacial score (nSPS) is 20.4. The summed E-state index contributed by atoms with van der Waals surface area (Å²) in [6.45, 7) is 19.2. The second-order valence-corrected chi connectivity index (χ2v) is 17.0. The van der Waals surface area contributed by atoms with E-state index < -0.39 is 26.1 Å². The van der Waals surface area contributed by atoms with Gasteiger partial charge in [-0.1, -0.05) is 40.5 Å². The largest absolute Gasteiger partial charge is 0.444 e. The van der Waals surface area contributed by atoms with Crippen molar-refractivity contribution in [1.82, 2.24) is 10.3 Å². The molecule has 1 heterocycles. The van der Waals surface area contributed by atoms with E-state index in [2.05, 4.69) is 56.4 Å². The Kier molecular flexibility index (Phi) is 9.33. The van der Waals surface area contributed by atoms with Gasteiger partial charge in [0.25, 0.3) is 0 Å². The summed E-state index contributed by atoms with van der Waals surface area (Å²) in [6, 6.07) is 3.08. The molecule has 1 aliphatic rings. The maximum Gasteiger partial charge on any atom is 0.408 e. The topological polar surface area (TPSA) is 89.5 Å². The van der Waals surface area contributed by atoms with Crippen molar-refractivity contribution in [3.63, 3.8) is 0 Å². The molecule has 1 atom stereocenters. The molecule has 2 N–H and O–H groups in total. The van der Waals surface area contributed by atoms with Crippen LogP contribution in [-0.4, -0.2) is 36.9 Å². The first-order chi connectivity index (χ1) is 15.6. The summed E-state index contributed by atoms with van der Waals surface area (Å²) in [6.07, 6.45) is 4.98. The maximum atomic E-state index is 13.3. The van der Waals surface area contributed by atoms with E-state index in [0.717, 1.165) is 31.2 Å². The molecular formula is C26H45N3O4Si. The number of nitrogens with zero attached hydrogens (tertiary/aromatic N) is 1. The van der Waals surface area contributed by atoms with Crippen LogP contribution in [0, 0.1) is 11.8 Å². The third-order valence-corrected chi connectivity index (χ3v) is 11.4. The lowest BCUT2D eigenvalue weighted by molar-refractivity contribution is -0.119. The molecule has 0 aromatic carbocycles. The SMILES string of the molecule is CC(C)(C)OC(=O)N[C@H](C(=O)Nc1cc(CO[Si](C)(C)C(C)(C)C)ccn1)[C@H]1CC[C@H](C)CC1. The predicted molar refractivity (Wildman–Crippen MR) is 139 cm³/mol. The highest BCUT2D eigenvalue weighted by atomic mass is 28.4. The molecule has 0 radical (unpaired) electrons. The molecule has 0 spiro atoms. The molecule has 192 valence electrons. The van der Waals surface area contributed by atoms with Crippen LogP contribution in [0.5, 0.6) is 0 Å². The van der Waals surface area contributed by atoms with Crippen molar-refractivity contribution in [3.05, 3.63) is 23.9 Å². The van der Waals surface area contributed by atoms with Gasteiger partial charge in [0, 0.05) is 6.20 Å². The van der Waals surface area contributed by atoms with Gasteiger partial charge in [-0.3, -0.25) is 4.79 Å². The van der Waals surface area contributed by atoms with Crippen LogP contribution in [-0.2, 0) is 20.6 Å². The van der Waals surface area contributed by atoms with E-state index in [-0.39, 0.29) is 16.9 Å². The second kappa shape index (κ2) is 11.2. The Morgan fingerprint density at radius 1 is 1.12 bits per heavy atom. The summed E-state index contributed by atoms with van der Waals surface area (Å²) >= 11 is 0. The number of alkyl carbamates (subject to hydrolysis) is 1. The summed E-state index contributed by atoms with van der Waals surface area (Å²) in [5, 5.41) is 5.88. The van der Waals surface area contributed by atoms with Crippen molar-refractivity contribution in [2.45, 2.75) is 111 Å². The molecule has 34 heavy (non-hydrogen) atoms. The van der Waals surface area contributed by atoms with E-state index in [1.54, 1.807) is 6.20 Å². The highest BCUT2D eigenvalue weighted by molar-refractivity contribution is 6.74. The number of aromatic nitrogens is 1. The molecule has 8 heteroatoms. The average Bonchev–Trinajstić information content (AvgIpc) is 2.69. The molecule has 2 amide bonds. The molecule has 1 aliphatic carbocycles. The zero-order valence-electron chi connectivity index (χ0n) is 22.6. The molecule has 1 fully saturated rings. The van der Waals surface area contributed by atoms with Crippen molar-refractivity contribution in [2.75, 3.05) is 5.32 Å². The lowest BCUT2D eigenvalue weighted by Gasteiger charge is -2.36. The van der Waals surface area contributed by atoms with Gasteiger partial charge in [-0.2, -0.15) is 0 Å². The smallest absolute Gasteiger partial charge is 0.408 e. The molecule has 1 aromatic rings. The molecule has 0 unspecified atom stereocenters. The minimum absolute atomic E-state index is 0.0637. The molecular weight excluding hydrogens is 446 g/mol. The monoisotopic (exact) mass is 491 g/mol. The van der Waals surface area contributed by atoms with E-state index in [1.807, 2.05) is 32.9 Å². The van der Waals surface area contributed by atoms with Crippen molar-refractivity contribution in [3.8, 4) is 0 Å². The number of anilines is 1. The van der Waals surface area contributed by atoms with Crippen LogP contribution in [0.3, 0.4) is 0 Å². The zero-order chi connectivity index (χ0) is 25.7. The van der Waals surface area contributed by atoms with Crippen molar-refractivity contribution >= 4 is 26.1 Å². The molecule has 0 bridgehead atoms. The maximum absolute atomic E-state index is 13.3. The Hall–Kier alpha value is -1.93. The van der Waals surface area contributed by atoms with Crippen molar-refractivity contribution < 1.29 is 18.8 Å². The Balaban J connectivity index is 2.11. The standard InChI is InChI=1S/C26H45N3O4Si/c1-18-10-12-20(13-11-18)22(29-24(31)33-25(2,3)4)23(30)28-21-16-19(14-15-27-21)17-32-34(8,9)26(5,6)7/h14-16,18,20,22H,10-13,17H2,1-9H3,(H,29,31)(H,27,28,30)/t18-,20-,22-/m0/s1. The van der Waals surface area contributed by atoms with E-state index in [4.69, 9.17) is 9.16 Å². The number of amides is 2.